The summed E-state index contributed by atoms with van der Waals surface area (Å²) in [5.41, 5.74) is 0.586. The molecule has 1 fully saturated rings. The van der Waals surface area contributed by atoms with Gasteiger partial charge in [-0.05, 0) is 30.9 Å². The molecule has 27 heavy (non-hydrogen) atoms. The van der Waals surface area contributed by atoms with Gasteiger partial charge in [0, 0.05) is 37.1 Å². The molecule has 0 unspecified atom stereocenters. The largest absolute Gasteiger partial charge is 0.497 e. The van der Waals surface area contributed by atoms with Crippen molar-refractivity contribution in [2.45, 2.75) is 39.0 Å². The van der Waals surface area contributed by atoms with E-state index < -0.39 is 0 Å². The molecule has 7 heteroatoms. The molecule has 1 saturated heterocycles. The van der Waals surface area contributed by atoms with Crippen molar-refractivity contribution in [1.82, 2.24) is 15.0 Å². The fourth-order valence-electron chi connectivity index (χ4n) is 3.29. The van der Waals surface area contributed by atoms with E-state index in [2.05, 4.69) is 10.1 Å². The van der Waals surface area contributed by atoms with Crippen molar-refractivity contribution < 1.29 is 18.8 Å². The molecule has 0 spiro atoms. The van der Waals surface area contributed by atoms with E-state index in [9.17, 15) is 4.79 Å². The molecular formula is C20H27N3O4. The number of carbonyl (C=O) groups is 1. The van der Waals surface area contributed by atoms with E-state index in [4.69, 9.17) is 14.0 Å². The summed E-state index contributed by atoms with van der Waals surface area (Å²) in [5.74, 6) is 3.40. The monoisotopic (exact) mass is 373 g/mol. The van der Waals surface area contributed by atoms with Crippen LogP contribution in [0.15, 0.2) is 22.7 Å². The topological polar surface area (TPSA) is 77.7 Å². The predicted octanol–water partition coefficient (Wildman–Crippen LogP) is 3.31. The molecule has 0 saturated carbocycles. The molecule has 2 heterocycles. The van der Waals surface area contributed by atoms with Crippen LogP contribution in [0.5, 0.6) is 11.5 Å². The molecular weight excluding hydrogens is 346 g/mol. The number of likely N-dealkylation sites (tertiary alicyclic amines) is 1. The Labute approximate surface area is 159 Å². The van der Waals surface area contributed by atoms with Crippen LogP contribution in [0.25, 0.3) is 0 Å². The van der Waals surface area contributed by atoms with Gasteiger partial charge in [0.15, 0.2) is 5.82 Å². The minimum Gasteiger partial charge on any atom is -0.497 e. The number of methoxy groups -OCH3 is 2. The molecule has 1 aromatic carbocycles. The van der Waals surface area contributed by atoms with E-state index in [1.807, 2.05) is 18.7 Å². The average molecular weight is 373 g/mol. The number of piperidine rings is 1. The van der Waals surface area contributed by atoms with Crippen LogP contribution in [-0.2, 0) is 6.42 Å². The Bertz CT molecular complexity index is 757. The lowest BCUT2D eigenvalue weighted by atomic mass is 9.93. The van der Waals surface area contributed by atoms with Gasteiger partial charge in [0.05, 0.1) is 14.2 Å². The zero-order chi connectivity index (χ0) is 19.4. The van der Waals surface area contributed by atoms with E-state index >= 15 is 0 Å². The second-order valence-electron chi connectivity index (χ2n) is 7.24. The van der Waals surface area contributed by atoms with Gasteiger partial charge in [0.2, 0.25) is 5.89 Å². The van der Waals surface area contributed by atoms with Crippen LogP contribution in [0.3, 0.4) is 0 Å². The van der Waals surface area contributed by atoms with Gasteiger partial charge in [-0.2, -0.15) is 4.98 Å². The van der Waals surface area contributed by atoms with Gasteiger partial charge in [0.1, 0.15) is 11.5 Å². The molecule has 0 N–H and O–H groups in total. The summed E-state index contributed by atoms with van der Waals surface area (Å²) in [7, 11) is 3.16. The van der Waals surface area contributed by atoms with E-state index in [1.54, 1.807) is 32.4 Å². The average Bonchev–Trinajstić information content (AvgIpc) is 3.16. The highest BCUT2D eigenvalue weighted by Gasteiger charge is 2.26. The molecule has 7 nitrogen and oxygen atoms in total. The molecule has 1 aliphatic rings. The van der Waals surface area contributed by atoms with Crippen molar-refractivity contribution in [3.05, 3.63) is 35.5 Å². The van der Waals surface area contributed by atoms with Crippen molar-refractivity contribution >= 4 is 5.91 Å². The third kappa shape index (κ3) is 4.59. The summed E-state index contributed by atoms with van der Waals surface area (Å²) < 4.78 is 15.9. The Morgan fingerprint density at radius 3 is 2.33 bits per heavy atom. The Kier molecular flexibility index (Phi) is 5.98. The van der Waals surface area contributed by atoms with Gasteiger partial charge in [-0.1, -0.05) is 19.0 Å². The molecule has 1 aliphatic heterocycles. The van der Waals surface area contributed by atoms with Crippen molar-refractivity contribution in [3.8, 4) is 11.5 Å². The maximum absolute atomic E-state index is 12.9. The normalized spacial score (nSPS) is 15.2. The molecule has 146 valence electrons. The van der Waals surface area contributed by atoms with Crippen LogP contribution in [0, 0.1) is 5.92 Å². The lowest BCUT2D eigenvalue weighted by Crippen LogP contribution is -2.39. The summed E-state index contributed by atoms with van der Waals surface area (Å²) in [5, 5.41) is 4.02. The van der Waals surface area contributed by atoms with Crippen LogP contribution in [0.1, 0.15) is 54.7 Å². The van der Waals surface area contributed by atoms with Crippen LogP contribution in [0.2, 0.25) is 0 Å². The number of amides is 1. The second kappa shape index (κ2) is 8.41. The van der Waals surface area contributed by atoms with E-state index in [0.717, 1.165) is 25.1 Å². The second-order valence-corrected chi connectivity index (χ2v) is 7.24. The van der Waals surface area contributed by atoms with Crippen LogP contribution < -0.4 is 9.47 Å². The van der Waals surface area contributed by atoms with E-state index in [-0.39, 0.29) is 11.8 Å². The highest BCUT2D eigenvalue weighted by Crippen LogP contribution is 2.26. The van der Waals surface area contributed by atoms with Gasteiger partial charge >= 0.3 is 0 Å². The van der Waals surface area contributed by atoms with Gasteiger partial charge < -0.3 is 18.9 Å². The Hall–Kier alpha value is -2.57. The molecule has 0 radical (unpaired) electrons. The van der Waals surface area contributed by atoms with Crippen molar-refractivity contribution in [1.29, 1.82) is 0 Å². The Morgan fingerprint density at radius 1 is 1.19 bits per heavy atom. The van der Waals surface area contributed by atoms with E-state index in [0.29, 0.717) is 42.0 Å². The lowest BCUT2D eigenvalue weighted by Gasteiger charge is -2.31. The minimum absolute atomic E-state index is 0.00512. The van der Waals surface area contributed by atoms with Crippen LogP contribution in [0.4, 0.5) is 0 Å². The smallest absolute Gasteiger partial charge is 0.254 e. The first-order valence-electron chi connectivity index (χ1n) is 9.35. The predicted molar refractivity (Wildman–Crippen MR) is 100 cm³/mol. The highest BCUT2D eigenvalue weighted by molar-refractivity contribution is 5.95. The zero-order valence-corrected chi connectivity index (χ0v) is 16.4. The number of benzene rings is 1. The maximum Gasteiger partial charge on any atom is 0.254 e. The Balaban J connectivity index is 1.59. The fraction of sp³-hybridized carbons (Fsp3) is 0.550. The summed E-state index contributed by atoms with van der Waals surface area (Å²) in [6.45, 7) is 5.53. The fourth-order valence-corrected chi connectivity index (χ4v) is 3.29. The minimum atomic E-state index is 0.00512. The molecule has 1 amide bonds. The highest BCUT2D eigenvalue weighted by atomic mass is 16.5. The Morgan fingerprint density at radius 2 is 1.81 bits per heavy atom. The molecule has 0 aliphatic carbocycles. The number of ether oxygens (including phenoxy) is 2. The summed E-state index contributed by atoms with van der Waals surface area (Å²) in [4.78, 5) is 19.2. The first kappa shape index (κ1) is 19.2. The van der Waals surface area contributed by atoms with Gasteiger partial charge in [-0.25, -0.2) is 0 Å². The number of nitrogens with zero attached hydrogens (tertiary/aromatic N) is 3. The third-order valence-electron chi connectivity index (χ3n) is 4.96. The number of aromatic nitrogens is 2. The first-order valence-corrected chi connectivity index (χ1v) is 9.35. The number of carbonyl (C=O) groups excluding carboxylic acids is 1. The lowest BCUT2D eigenvalue weighted by molar-refractivity contribution is 0.0686. The van der Waals surface area contributed by atoms with Crippen molar-refractivity contribution in [3.63, 3.8) is 0 Å². The first-order chi connectivity index (χ1) is 13.0. The van der Waals surface area contributed by atoms with Crippen molar-refractivity contribution in [2.24, 2.45) is 5.92 Å². The summed E-state index contributed by atoms with van der Waals surface area (Å²) in [6.07, 6.45) is 2.62. The van der Waals surface area contributed by atoms with E-state index in [1.165, 1.54) is 0 Å². The van der Waals surface area contributed by atoms with Gasteiger partial charge in [-0.15, -0.1) is 0 Å². The summed E-state index contributed by atoms with van der Waals surface area (Å²) in [6, 6.07) is 5.27. The van der Waals surface area contributed by atoms with Gasteiger partial charge in [-0.3, -0.25) is 4.79 Å². The number of hydrogen-bond acceptors (Lipinski definition) is 6. The van der Waals surface area contributed by atoms with Crippen LogP contribution in [-0.4, -0.2) is 48.3 Å². The zero-order valence-electron chi connectivity index (χ0n) is 16.4. The molecule has 0 bridgehead atoms. The van der Waals surface area contributed by atoms with Crippen molar-refractivity contribution in [2.75, 3.05) is 27.3 Å². The number of rotatable bonds is 6. The summed E-state index contributed by atoms with van der Waals surface area (Å²) >= 11 is 0. The number of hydrogen-bond donors (Lipinski definition) is 0. The van der Waals surface area contributed by atoms with Gasteiger partial charge in [0.25, 0.3) is 5.91 Å². The molecule has 2 aromatic rings. The molecule has 0 atom stereocenters. The third-order valence-corrected chi connectivity index (χ3v) is 4.96. The quantitative estimate of drug-likeness (QED) is 0.773. The SMILES string of the molecule is COc1cc(OC)cc(C(=O)N2CCC(Cc3nc(C(C)C)no3)CC2)c1. The van der Waals surface area contributed by atoms with Crippen LogP contribution >= 0.6 is 0 Å². The standard InChI is InChI=1S/C20H27N3O4/c1-13(2)19-21-18(27-22-19)9-14-5-7-23(8-6-14)20(24)15-10-16(25-3)12-17(11-15)26-4/h10-14H,5-9H2,1-4H3. The molecule has 3 rings (SSSR count). The maximum atomic E-state index is 12.9. The molecule has 1 aromatic heterocycles.